The van der Waals surface area contributed by atoms with Gasteiger partial charge in [-0.15, -0.1) is 11.3 Å². The van der Waals surface area contributed by atoms with E-state index in [-0.39, 0.29) is 10.9 Å². The molecular formula is C14H12Br2F3NS. The summed E-state index contributed by atoms with van der Waals surface area (Å²) in [7, 11) is 1.79. The van der Waals surface area contributed by atoms with E-state index < -0.39 is 11.7 Å². The molecule has 0 fully saturated rings. The molecule has 0 spiro atoms. The lowest BCUT2D eigenvalue weighted by atomic mass is 10.1. The van der Waals surface area contributed by atoms with Crippen LogP contribution in [0.3, 0.4) is 0 Å². The standard InChI is InChI=1S/C14H12Br2F3NS/c1-20(7-12-4-10(16)8-21-12)11-3-2-9(6-15)13(5-11)14(17,18)19/h2-5,8H,6-7H2,1H3. The summed E-state index contributed by atoms with van der Waals surface area (Å²) >= 11 is 8.05. The highest BCUT2D eigenvalue weighted by Crippen LogP contribution is 2.35. The molecule has 0 saturated carbocycles. The summed E-state index contributed by atoms with van der Waals surface area (Å²) in [6.45, 7) is 0.571. The Hall–Kier alpha value is -0.530. The average molecular weight is 443 g/mol. The molecule has 2 aromatic rings. The van der Waals surface area contributed by atoms with E-state index >= 15 is 0 Å². The molecule has 0 atom stereocenters. The summed E-state index contributed by atoms with van der Waals surface area (Å²) in [6, 6.07) is 6.42. The summed E-state index contributed by atoms with van der Waals surface area (Å²) in [6.07, 6.45) is -4.34. The molecule has 0 N–H and O–H groups in total. The monoisotopic (exact) mass is 441 g/mol. The predicted molar refractivity (Wildman–Crippen MR) is 88.2 cm³/mol. The molecule has 0 radical (unpaired) electrons. The van der Waals surface area contributed by atoms with E-state index in [2.05, 4.69) is 31.9 Å². The summed E-state index contributed by atoms with van der Waals surface area (Å²) in [5.41, 5.74) is 0.214. The van der Waals surface area contributed by atoms with Crippen molar-refractivity contribution in [3.63, 3.8) is 0 Å². The second kappa shape index (κ2) is 6.71. The van der Waals surface area contributed by atoms with Gasteiger partial charge >= 0.3 is 6.18 Å². The van der Waals surface area contributed by atoms with Crippen LogP contribution in [0.5, 0.6) is 0 Å². The maximum absolute atomic E-state index is 13.1. The minimum atomic E-state index is -4.34. The maximum atomic E-state index is 13.1. The van der Waals surface area contributed by atoms with Gasteiger partial charge in [0.15, 0.2) is 0 Å². The number of rotatable bonds is 4. The van der Waals surface area contributed by atoms with Gasteiger partial charge in [-0.2, -0.15) is 13.2 Å². The Balaban J connectivity index is 2.27. The molecule has 7 heteroatoms. The highest BCUT2D eigenvalue weighted by molar-refractivity contribution is 9.10. The SMILES string of the molecule is CN(Cc1cc(Br)cs1)c1ccc(CBr)c(C(F)(F)F)c1. The van der Waals surface area contributed by atoms with Gasteiger partial charge < -0.3 is 4.90 Å². The zero-order valence-corrected chi connectivity index (χ0v) is 15.0. The van der Waals surface area contributed by atoms with E-state index in [1.165, 1.54) is 12.1 Å². The van der Waals surface area contributed by atoms with Crippen LogP contribution < -0.4 is 4.90 Å². The van der Waals surface area contributed by atoms with Gasteiger partial charge in [0.05, 0.1) is 12.1 Å². The van der Waals surface area contributed by atoms with E-state index in [1.807, 2.05) is 16.3 Å². The van der Waals surface area contributed by atoms with Crippen molar-refractivity contribution in [3.8, 4) is 0 Å². The fourth-order valence-electron chi connectivity index (χ4n) is 1.94. The Bertz CT molecular complexity index is 625. The Labute approximate surface area is 142 Å². The minimum absolute atomic E-state index is 0.184. The highest BCUT2D eigenvalue weighted by atomic mass is 79.9. The van der Waals surface area contributed by atoms with Crippen molar-refractivity contribution >= 4 is 48.9 Å². The number of nitrogens with zero attached hydrogens (tertiary/aromatic N) is 1. The number of halogens is 5. The largest absolute Gasteiger partial charge is 0.416 e. The van der Waals surface area contributed by atoms with Crippen molar-refractivity contribution < 1.29 is 13.2 Å². The van der Waals surface area contributed by atoms with Crippen LogP contribution in [-0.4, -0.2) is 7.05 Å². The van der Waals surface area contributed by atoms with Crippen molar-refractivity contribution in [1.29, 1.82) is 0 Å². The summed E-state index contributed by atoms with van der Waals surface area (Å²) in [5, 5.41) is 2.14. The first-order valence-electron chi connectivity index (χ1n) is 6.01. The number of hydrogen-bond donors (Lipinski definition) is 0. The van der Waals surface area contributed by atoms with Crippen LogP contribution in [0, 0.1) is 0 Å². The molecule has 0 aliphatic rings. The molecule has 0 amide bonds. The Morgan fingerprint density at radius 2 is 1.95 bits per heavy atom. The summed E-state index contributed by atoms with van der Waals surface area (Å²) in [4.78, 5) is 2.90. The lowest BCUT2D eigenvalue weighted by molar-refractivity contribution is -0.138. The van der Waals surface area contributed by atoms with E-state index in [0.717, 1.165) is 9.35 Å². The van der Waals surface area contributed by atoms with E-state index in [1.54, 1.807) is 24.5 Å². The third-order valence-electron chi connectivity index (χ3n) is 3.00. The summed E-state index contributed by atoms with van der Waals surface area (Å²) < 4.78 is 40.2. The average Bonchev–Trinajstić information content (AvgIpc) is 2.82. The molecule has 114 valence electrons. The molecule has 2 rings (SSSR count). The van der Waals surface area contributed by atoms with Crippen molar-refractivity contribution in [2.75, 3.05) is 11.9 Å². The van der Waals surface area contributed by atoms with Gasteiger partial charge in [-0.05, 0) is 39.7 Å². The zero-order valence-electron chi connectivity index (χ0n) is 11.0. The van der Waals surface area contributed by atoms with Gasteiger partial charge in [0, 0.05) is 32.8 Å². The van der Waals surface area contributed by atoms with Crippen molar-refractivity contribution in [2.45, 2.75) is 18.1 Å². The Morgan fingerprint density at radius 1 is 1.24 bits per heavy atom. The van der Waals surface area contributed by atoms with Crippen molar-refractivity contribution in [1.82, 2.24) is 0 Å². The molecule has 0 bridgehead atoms. The minimum Gasteiger partial charge on any atom is -0.369 e. The number of anilines is 1. The first kappa shape index (κ1) is 16.8. The van der Waals surface area contributed by atoms with Crippen molar-refractivity contribution in [2.24, 2.45) is 0 Å². The quantitative estimate of drug-likeness (QED) is 0.520. The maximum Gasteiger partial charge on any atom is 0.416 e. The molecule has 1 heterocycles. The highest BCUT2D eigenvalue weighted by Gasteiger charge is 2.33. The van der Waals surface area contributed by atoms with E-state index in [0.29, 0.717) is 12.2 Å². The van der Waals surface area contributed by atoms with E-state index in [9.17, 15) is 13.2 Å². The van der Waals surface area contributed by atoms with Crippen molar-refractivity contribution in [3.05, 3.63) is 50.1 Å². The number of hydrogen-bond acceptors (Lipinski definition) is 2. The Morgan fingerprint density at radius 3 is 2.48 bits per heavy atom. The predicted octanol–water partition coefficient (Wildman–Crippen LogP) is 6.06. The smallest absolute Gasteiger partial charge is 0.369 e. The molecular weight excluding hydrogens is 431 g/mol. The fourth-order valence-corrected chi connectivity index (χ4v) is 3.94. The van der Waals surface area contributed by atoms with Gasteiger partial charge in [0.2, 0.25) is 0 Å². The van der Waals surface area contributed by atoms with Crippen LogP contribution in [0.4, 0.5) is 18.9 Å². The topological polar surface area (TPSA) is 3.24 Å². The van der Waals surface area contributed by atoms with Gasteiger partial charge in [0.25, 0.3) is 0 Å². The first-order valence-corrected chi connectivity index (χ1v) is 8.81. The molecule has 0 unspecified atom stereocenters. The zero-order chi connectivity index (χ0) is 15.6. The third-order valence-corrected chi connectivity index (χ3v) is 5.28. The number of benzene rings is 1. The molecule has 21 heavy (non-hydrogen) atoms. The third kappa shape index (κ3) is 4.23. The molecule has 1 nitrogen and oxygen atoms in total. The Kier molecular flexibility index (Phi) is 5.38. The van der Waals surface area contributed by atoms with Crippen LogP contribution in [0.15, 0.2) is 34.1 Å². The molecule has 0 aliphatic heterocycles. The normalized spacial score (nSPS) is 11.7. The molecule has 1 aromatic carbocycles. The van der Waals surface area contributed by atoms with Gasteiger partial charge in [0.1, 0.15) is 0 Å². The number of thiophene rings is 1. The van der Waals surface area contributed by atoms with Gasteiger partial charge in [-0.3, -0.25) is 0 Å². The lowest BCUT2D eigenvalue weighted by Crippen LogP contribution is -2.17. The van der Waals surface area contributed by atoms with Gasteiger partial charge in [-0.25, -0.2) is 0 Å². The lowest BCUT2D eigenvalue weighted by Gasteiger charge is -2.21. The van der Waals surface area contributed by atoms with Crippen LogP contribution >= 0.6 is 43.2 Å². The fraction of sp³-hybridized carbons (Fsp3) is 0.286. The second-order valence-corrected chi connectivity index (χ2v) is 7.03. The van der Waals surface area contributed by atoms with Crippen LogP contribution in [0.2, 0.25) is 0 Å². The van der Waals surface area contributed by atoms with Crippen LogP contribution in [0.25, 0.3) is 0 Å². The van der Waals surface area contributed by atoms with Crippen LogP contribution in [-0.2, 0) is 18.1 Å². The van der Waals surface area contributed by atoms with Gasteiger partial charge in [-0.1, -0.05) is 22.0 Å². The molecule has 1 aromatic heterocycles. The molecule has 0 saturated heterocycles. The number of alkyl halides is 4. The molecule has 0 aliphatic carbocycles. The first-order chi connectivity index (χ1) is 9.81. The van der Waals surface area contributed by atoms with Crippen LogP contribution in [0.1, 0.15) is 16.0 Å². The summed E-state index contributed by atoms with van der Waals surface area (Å²) in [5.74, 6) is 0. The second-order valence-electron chi connectivity index (χ2n) is 4.56. The van der Waals surface area contributed by atoms with E-state index in [4.69, 9.17) is 0 Å².